The number of nitriles is 1. The summed E-state index contributed by atoms with van der Waals surface area (Å²) in [5, 5.41) is 12.3. The van der Waals surface area contributed by atoms with Crippen LogP contribution in [0.15, 0.2) is 53.1 Å². The Morgan fingerprint density at radius 3 is 2.83 bits per heavy atom. The average Bonchev–Trinajstić information content (AvgIpc) is 3.38. The Balaban J connectivity index is 1.66. The van der Waals surface area contributed by atoms with Crippen LogP contribution < -0.4 is 11.3 Å². The van der Waals surface area contributed by atoms with Gasteiger partial charge in [0.25, 0.3) is 5.56 Å². The molecule has 2 aliphatic rings. The van der Waals surface area contributed by atoms with E-state index in [1.807, 2.05) is 0 Å². The van der Waals surface area contributed by atoms with E-state index in [2.05, 4.69) is 53.3 Å². The van der Waals surface area contributed by atoms with Crippen molar-refractivity contribution in [1.82, 2.24) is 19.6 Å². The molecule has 1 aromatic heterocycles. The van der Waals surface area contributed by atoms with Crippen LogP contribution >= 0.6 is 0 Å². The lowest BCUT2D eigenvalue weighted by Crippen LogP contribution is -2.37. The molecule has 0 aliphatic carbocycles. The summed E-state index contributed by atoms with van der Waals surface area (Å²) in [6, 6.07) is 7.84. The molecule has 0 saturated carbocycles. The number of nitrogens with two attached hydrogens (primary N) is 1. The number of aromatic amines is 1. The highest BCUT2D eigenvalue weighted by Gasteiger charge is 2.28. The summed E-state index contributed by atoms with van der Waals surface area (Å²) < 4.78 is 1.65. The topological polar surface area (TPSA) is 94.1 Å². The normalized spacial score (nSPS) is 21.7. The van der Waals surface area contributed by atoms with Crippen molar-refractivity contribution in [3.8, 4) is 17.2 Å². The average molecular weight is 405 g/mol. The Morgan fingerprint density at radius 1 is 1.33 bits per heavy atom. The number of hydrogen-bond donors (Lipinski definition) is 2. The van der Waals surface area contributed by atoms with Gasteiger partial charge in [0.2, 0.25) is 0 Å². The third-order valence-electron chi connectivity index (χ3n) is 6.19. The van der Waals surface area contributed by atoms with E-state index >= 15 is 0 Å². The number of rotatable bonds is 5. The van der Waals surface area contributed by atoms with Gasteiger partial charge in [-0.15, -0.1) is 0 Å². The second-order valence-corrected chi connectivity index (χ2v) is 7.92. The van der Waals surface area contributed by atoms with E-state index in [0.29, 0.717) is 17.2 Å². The first-order valence-corrected chi connectivity index (χ1v) is 10.5. The molecule has 2 aliphatic heterocycles. The molecule has 3 N–H and O–H groups in total. The van der Waals surface area contributed by atoms with E-state index in [1.165, 1.54) is 18.4 Å². The van der Waals surface area contributed by atoms with Gasteiger partial charge in [-0.3, -0.25) is 14.8 Å². The zero-order valence-electron chi connectivity index (χ0n) is 17.5. The minimum Gasteiger partial charge on any atom is -0.353 e. The lowest BCUT2D eigenvalue weighted by molar-refractivity contribution is 0.232. The van der Waals surface area contributed by atoms with E-state index in [1.54, 1.807) is 29.1 Å². The first kappa shape index (κ1) is 20.2. The van der Waals surface area contributed by atoms with Crippen molar-refractivity contribution >= 4 is 0 Å². The largest absolute Gasteiger partial charge is 0.353 e. The molecule has 1 aromatic carbocycles. The second-order valence-electron chi connectivity index (χ2n) is 7.92. The Kier molecular flexibility index (Phi) is 5.62. The number of nitrogens with one attached hydrogen (secondary N) is 1. The van der Waals surface area contributed by atoms with Gasteiger partial charge in [0.15, 0.2) is 0 Å². The van der Waals surface area contributed by atoms with Crippen LogP contribution in [0.25, 0.3) is 11.1 Å². The number of likely N-dealkylation sites (N-methyl/N-ethyl adjacent to an activating group) is 2. The molecule has 0 bridgehead atoms. The monoisotopic (exact) mass is 404 g/mol. The molecule has 0 radical (unpaired) electrons. The molecular weight excluding hydrogens is 376 g/mol. The summed E-state index contributed by atoms with van der Waals surface area (Å²) in [5.74, 6) is 0. The van der Waals surface area contributed by atoms with Gasteiger partial charge in [0, 0.05) is 31.5 Å². The van der Waals surface area contributed by atoms with Crippen LogP contribution in [0.5, 0.6) is 0 Å². The first-order chi connectivity index (χ1) is 14.6. The highest BCUT2D eigenvalue weighted by atomic mass is 16.1. The molecule has 7 heteroatoms. The molecule has 7 nitrogen and oxygen atoms in total. The summed E-state index contributed by atoms with van der Waals surface area (Å²) in [4.78, 5) is 17.9. The van der Waals surface area contributed by atoms with Crippen LogP contribution in [0.2, 0.25) is 0 Å². The second kappa shape index (κ2) is 8.34. The van der Waals surface area contributed by atoms with Gasteiger partial charge in [-0.1, -0.05) is 12.1 Å². The minimum absolute atomic E-state index is 0.0997. The van der Waals surface area contributed by atoms with E-state index in [4.69, 9.17) is 11.0 Å². The Labute approximate surface area is 176 Å². The molecule has 30 heavy (non-hydrogen) atoms. The summed E-state index contributed by atoms with van der Waals surface area (Å²) in [6.45, 7) is 4.28. The molecule has 0 spiro atoms. The van der Waals surface area contributed by atoms with Crippen molar-refractivity contribution in [1.29, 1.82) is 5.26 Å². The third-order valence-corrected chi connectivity index (χ3v) is 6.19. The van der Waals surface area contributed by atoms with Crippen molar-refractivity contribution in [2.45, 2.75) is 38.5 Å². The molecule has 2 atom stereocenters. The molecule has 1 saturated heterocycles. The van der Waals surface area contributed by atoms with Gasteiger partial charge in [0.1, 0.15) is 6.17 Å². The quantitative estimate of drug-likeness (QED) is 0.799. The standard InChI is InChI=1S/C23H28N6O/c1-3-28-15-17(21-5-4-10-27(21)2)7-9-22(28)29-23(30)20(14-26-29)19-8-6-16(12-24)11-18(19)13-25/h6-9,11,14-15,21-22,26H,3-5,10,13,25H2,1-2H3. The van der Waals surface area contributed by atoms with E-state index < -0.39 is 0 Å². The number of H-pyrrole nitrogens is 1. The molecule has 156 valence electrons. The van der Waals surface area contributed by atoms with Gasteiger partial charge >= 0.3 is 0 Å². The summed E-state index contributed by atoms with van der Waals surface area (Å²) in [7, 11) is 2.17. The van der Waals surface area contributed by atoms with Crippen LogP contribution in [0, 0.1) is 11.3 Å². The number of nitrogens with zero attached hydrogens (tertiary/aromatic N) is 4. The zero-order chi connectivity index (χ0) is 21.3. The maximum atomic E-state index is 13.3. The Bertz CT molecular complexity index is 1090. The maximum Gasteiger partial charge on any atom is 0.276 e. The summed E-state index contributed by atoms with van der Waals surface area (Å²) in [5.41, 5.74) is 9.74. The van der Waals surface area contributed by atoms with Crippen LogP contribution in [0.1, 0.15) is 37.1 Å². The number of likely N-dealkylation sites (tertiary alicyclic amines) is 1. The van der Waals surface area contributed by atoms with Crippen molar-refractivity contribution in [3.05, 3.63) is 69.8 Å². The van der Waals surface area contributed by atoms with Gasteiger partial charge in [-0.05, 0) is 68.3 Å². The smallest absolute Gasteiger partial charge is 0.276 e. The minimum atomic E-state index is -0.202. The number of hydrogen-bond acceptors (Lipinski definition) is 5. The fourth-order valence-corrected chi connectivity index (χ4v) is 4.53. The zero-order valence-corrected chi connectivity index (χ0v) is 17.5. The van der Waals surface area contributed by atoms with Crippen LogP contribution in [0.3, 0.4) is 0 Å². The first-order valence-electron chi connectivity index (χ1n) is 10.5. The van der Waals surface area contributed by atoms with Crippen molar-refractivity contribution in [2.24, 2.45) is 5.73 Å². The lowest BCUT2D eigenvalue weighted by atomic mass is 10.00. The molecule has 4 rings (SSSR count). The van der Waals surface area contributed by atoms with Crippen LogP contribution in [-0.4, -0.2) is 45.8 Å². The predicted molar refractivity (Wildman–Crippen MR) is 117 cm³/mol. The summed E-state index contributed by atoms with van der Waals surface area (Å²) >= 11 is 0. The van der Waals surface area contributed by atoms with Crippen molar-refractivity contribution in [3.63, 3.8) is 0 Å². The fourth-order valence-electron chi connectivity index (χ4n) is 4.53. The van der Waals surface area contributed by atoms with E-state index in [0.717, 1.165) is 24.2 Å². The van der Waals surface area contributed by atoms with Gasteiger partial charge < -0.3 is 10.6 Å². The van der Waals surface area contributed by atoms with Gasteiger partial charge in [0.05, 0.1) is 17.2 Å². The SMILES string of the molecule is CCN1C=C(C2CCCN2C)C=CC1n1[nH]cc(-c2ccc(C#N)cc2CN)c1=O. The Morgan fingerprint density at radius 2 is 2.17 bits per heavy atom. The van der Waals surface area contributed by atoms with Gasteiger partial charge in [-0.25, -0.2) is 4.68 Å². The molecule has 1 fully saturated rings. The van der Waals surface area contributed by atoms with Crippen LogP contribution in [-0.2, 0) is 6.54 Å². The highest BCUT2D eigenvalue weighted by Crippen LogP contribution is 2.29. The molecular formula is C23H28N6O. The Hall–Kier alpha value is -3.08. The van der Waals surface area contributed by atoms with Crippen LogP contribution in [0.4, 0.5) is 0 Å². The van der Waals surface area contributed by atoms with Gasteiger partial charge in [-0.2, -0.15) is 5.26 Å². The fraction of sp³-hybridized carbons (Fsp3) is 0.391. The van der Waals surface area contributed by atoms with E-state index in [9.17, 15) is 4.79 Å². The van der Waals surface area contributed by atoms with Crippen molar-refractivity contribution < 1.29 is 0 Å². The third kappa shape index (κ3) is 3.49. The lowest BCUT2D eigenvalue weighted by Gasteiger charge is -2.33. The molecule has 3 heterocycles. The highest BCUT2D eigenvalue weighted by molar-refractivity contribution is 5.67. The molecule has 2 unspecified atom stereocenters. The number of benzene rings is 1. The molecule has 0 amide bonds. The van der Waals surface area contributed by atoms with E-state index in [-0.39, 0.29) is 18.3 Å². The number of aromatic nitrogens is 2. The van der Waals surface area contributed by atoms with Crippen molar-refractivity contribution in [2.75, 3.05) is 20.1 Å². The maximum absolute atomic E-state index is 13.3. The summed E-state index contributed by atoms with van der Waals surface area (Å²) in [6.07, 6.45) is 10.4. The molecule has 2 aromatic rings. The predicted octanol–water partition coefficient (Wildman–Crippen LogP) is 2.54.